The molecule has 0 aromatic heterocycles. The Morgan fingerprint density at radius 2 is 1.92 bits per heavy atom. The molecule has 1 aromatic rings. The van der Waals surface area contributed by atoms with Gasteiger partial charge in [0, 0.05) is 12.5 Å². The Bertz CT molecular complexity index is 614. The lowest BCUT2D eigenvalue weighted by molar-refractivity contribution is -0.148. The number of esters is 1. The number of carbonyl (C=O) groups is 2. The average Bonchev–Trinajstić information content (AvgIpc) is 3.05. The van der Waals surface area contributed by atoms with Gasteiger partial charge in [-0.2, -0.15) is 0 Å². The van der Waals surface area contributed by atoms with Crippen LogP contribution in [-0.2, 0) is 20.7 Å². The average molecular weight is 363 g/mol. The number of nitrogens with one attached hydrogen (secondary N) is 1. The van der Waals surface area contributed by atoms with Crippen molar-refractivity contribution in [1.82, 2.24) is 5.32 Å². The first-order valence-electron chi connectivity index (χ1n) is 9.27. The van der Waals surface area contributed by atoms with Crippen molar-refractivity contribution in [1.29, 1.82) is 0 Å². The Balaban J connectivity index is 1.61. The predicted molar refractivity (Wildman–Crippen MR) is 98.1 cm³/mol. The van der Waals surface area contributed by atoms with Gasteiger partial charge in [-0.25, -0.2) is 0 Å². The maximum absolute atomic E-state index is 11.8. The highest BCUT2D eigenvalue weighted by Gasteiger charge is 2.14. The molecule has 0 saturated carbocycles. The van der Waals surface area contributed by atoms with Gasteiger partial charge in [0.25, 0.3) is 5.91 Å². The summed E-state index contributed by atoms with van der Waals surface area (Å²) in [6.07, 6.45) is 3.91. The van der Waals surface area contributed by atoms with Crippen molar-refractivity contribution in [3.05, 3.63) is 23.8 Å². The van der Waals surface area contributed by atoms with Gasteiger partial charge in [0.15, 0.2) is 18.1 Å². The van der Waals surface area contributed by atoms with Gasteiger partial charge < -0.3 is 19.5 Å². The molecule has 1 aromatic carbocycles. The molecule has 0 radical (unpaired) electrons. The van der Waals surface area contributed by atoms with Crippen molar-refractivity contribution < 1.29 is 23.8 Å². The summed E-state index contributed by atoms with van der Waals surface area (Å²) in [4.78, 5) is 23.7. The van der Waals surface area contributed by atoms with Crippen molar-refractivity contribution in [2.75, 3.05) is 13.4 Å². The summed E-state index contributed by atoms with van der Waals surface area (Å²) in [5.41, 5.74) is 0.967. The van der Waals surface area contributed by atoms with E-state index >= 15 is 0 Å². The van der Waals surface area contributed by atoms with Gasteiger partial charge in [0.1, 0.15) is 0 Å². The van der Waals surface area contributed by atoms with Gasteiger partial charge >= 0.3 is 5.97 Å². The lowest BCUT2D eigenvalue weighted by atomic mass is 10.0. The first-order chi connectivity index (χ1) is 12.4. The van der Waals surface area contributed by atoms with E-state index in [0.29, 0.717) is 18.1 Å². The Morgan fingerprint density at radius 3 is 2.69 bits per heavy atom. The number of aryl methyl sites for hydroxylation is 1. The Labute approximate surface area is 155 Å². The van der Waals surface area contributed by atoms with Gasteiger partial charge in [-0.05, 0) is 43.4 Å². The van der Waals surface area contributed by atoms with Crippen LogP contribution in [0.2, 0.25) is 0 Å². The van der Waals surface area contributed by atoms with E-state index in [9.17, 15) is 9.59 Å². The summed E-state index contributed by atoms with van der Waals surface area (Å²) in [7, 11) is 0. The summed E-state index contributed by atoms with van der Waals surface area (Å²) in [5, 5.41) is 2.86. The van der Waals surface area contributed by atoms with E-state index in [1.807, 2.05) is 25.1 Å². The van der Waals surface area contributed by atoms with Crippen LogP contribution in [0.1, 0.15) is 52.0 Å². The molecule has 1 N–H and O–H groups in total. The van der Waals surface area contributed by atoms with E-state index < -0.39 is 0 Å². The van der Waals surface area contributed by atoms with Crippen LogP contribution in [0.15, 0.2) is 18.2 Å². The standard InChI is InChI=1S/C20H29NO5/c1-14(2)5-4-6-15(3)21-19(22)12-24-20(23)10-8-16-7-9-17-18(11-16)26-13-25-17/h7,9,11,14-15H,4-6,8,10,12-13H2,1-3H3,(H,21,22). The quantitative estimate of drug-likeness (QED) is 0.646. The van der Waals surface area contributed by atoms with Gasteiger partial charge in [-0.1, -0.05) is 32.8 Å². The van der Waals surface area contributed by atoms with Crippen LogP contribution in [0.3, 0.4) is 0 Å². The number of carbonyl (C=O) groups excluding carboxylic acids is 2. The number of fused-ring (bicyclic) bond motifs is 1. The van der Waals surface area contributed by atoms with Gasteiger partial charge in [-0.3, -0.25) is 9.59 Å². The second-order valence-electron chi connectivity index (χ2n) is 7.14. The third-order valence-electron chi connectivity index (χ3n) is 4.25. The molecule has 1 unspecified atom stereocenters. The van der Waals surface area contributed by atoms with Gasteiger partial charge in [0.2, 0.25) is 6.79 Å². The molecule has 0 aliphatic carbocycles. The molecule has 0 saturated heterocycles. The third kappa shape index (κ3) is 6.94. The number of hydrogen-bond acceptors (Lipinski definition) is 5. The zero-order chi connectivity index (χ0) is 18.9. The normalized spacial score (nSPS) is 13.5. The molecule has 0 spiro atoms. The fraction of sp³-hybridized carbons (Fsp3) is 0.600. The second kappa shape index (κ2) is 10.0. The summed E-state index contributed by atoms with van der Waals surface area (Å²) in [6, 6.07) is 5.68. The minimum absolute atomic E-state index is 0.0913. The van der Waals surface area contributed by atoms with E-state index in [-0.39, 0.29) is 37.7 Å². The van der Waals surface area contributed by atoms with E-state index in [1.54, 1.807) is 0 Å². The molecule has 0 fully saturated rings. The van der Waals surface area contributed by atoms with Crippen LogP contribution in [0.5, 0.6) is 11.5 Å². The molecule has 1 amide bonds. The molecule has 2 rings (SSSR count). The van der Waals surface area contributed by atoms with Crippen LogP contribution < -0.4 is 14.8 Å². The Hall–Kier alpha value is -2.24. The highest BCUT2D eigenvalue weighted by atomic mass is 16.7. The molecule has 1 aliphatic heterocycles. The lowest BCUT2D eigenvalue weighted by Crippen LogP contribution is -2.35. The van der Waals surface area contributed by atoms with E-state index in [2.05, 4.69) is 19.2 Å². The van der Waals surface area contributed by atoms with Gasteiger partial charge in [0.05, 0.1) is 0 Å². The number of ether oxygens (including phenoxy) is 3. The van der Waals surface area contributed by atoms with Gasteiger partial charge in [-0.15, -0.1) is 0 Å². The molecule has 6 nitrogen and oxygen atoms in total. The van der Waals surface area contributed by atoms with Crippen molar-refractivity contribution in [3.63, 3.8) is 0 Å². The molecule has 144 valence electrons. The molecular formula is C20H29NO5. The zero-order valence-corrected chi connectivity index (χ0v) is 15.9. The molecular weight excluding hydrogens is 334 g/mol. The van der Waals surface area contributed by atoms with Crippen molar-refractivity contribution in [2.24, 2.45) is 5.92 Å². The molecule has 6 heteroatoms. The topological polar surface area (TPSA) is 73.9 Å². The highest BCUT2D eigenvalue weighted by molar-refractivity contribution is 5.80. The fourth-order valence-electron chi connectivity index (χ4n) is 2.78. The molecule has 26 heavy (non-hydrogen) atoms. The van der Waals surface area contributed by atoms with Crippen LogP contribution >= 0.6 is 0 Å². The number of rotatable bonds is 10. The lowest BCUT2D eigenvalue weighted by Gasteiger charge is -2.14. The fourth-order valence-corrected chi connectivity index (χ4v) is 2.78. The van der Waals surface area contributed by atoms with E-state index in [4.69, 9.17) is 14.2 Å². The van der Waals surface area contributed by atoms with E-state index in [0.717, 1.165) is 30.6 Å². The van der Waals surface area contributed by atoms with Crippen LogP contribution in [-0.4, -0.2) is 31.3 Å². The highest BCUT2D eigenvalue weighted by Crippen LogP contribution is 2.32. The molecule has 0 bridgehead atoms. The smallest absolute Gasteiger partial charge is 0.306 e. The predicted octanol–water partition coefficient (Wildman–Crippen LogP) is 3.22. The number of amides is 1. The molecule has 1 aliphatic rings. The van der Waals surface area contributed by atoms with Crippen molar-refractivity contribution in [3.8, 4) is 11.5 Å². The zero-order valence-electron chi connectivity index (χ0n) is 15.9. The minimum atomic E-state index is -0.384. The van der Waals surface area contributed by atoms with Crippen molar-refractivity contribution in [2.45, 2.75) is 58.9 Å². The molecule has 1 heterocycles. The maximum atomic E-state index is 11.8. The van der Waals surface area contributed by atoms with Crippen LogP contribution in [0, 0.1) is 5.92 Å². The van der Waals surface area contributed by atoms with Crippen molar-refractivity contribution >= 4 is 11.9 Å². The SMILES string of the molecule is CC(C)CCCC(C)NC(=O)COC(=O)CCc1ccc2c(c1)OCO2. The summed E-state index contributed by atoms with van der Waals surface area (Å²) >= 11 is 0. The van der Waals surface area contributed by atoms with E-state index in [1.165, 1.54) is 0 Å². The van der Waals surface area contributed by atoms with Crippen LogP contribution in [0.4, 0.5) is 0 Å². The third-order valence-corrected chi connectivity index (χ3v) is 4.25. The Kier molecular flexibility index (Phi) is 7.75. The number of hydrogen-bond donors (Lipinski definition) is 1. The first-order valence-corrected chi connectivity index (χ1v) is 9.27. The molecule has 1 atom stereocenters. The summed E-state index contributed by atoms with van der Waals surface area (Å²) < 4.78 is 15.6. The maximum Gasteiger partial charge on any atom is 0.306 e. The number of benzene rings is 1. The monoisotopic (exact) mass is 363 g/mol. The summed E-state index contributed by atoms with van der Waals surface area (Å²) in [5.74, 6) is 1.45. The summed E-state index contributed by atoms with van der Waals surface area (Å²) in [6.45, 7) is 6.35. The largest absolute Gasteiger partial charge is 0.456 e. The van der Waals surface area contributed by atoms with Crippen LogP contribution in [0.25, 0.3) is 0 Å². The Morgan fingerprint density at radius 1 is 1.15 bits per heavy atom. The minimum Gasteiger partial charge on any atom is -0.456 e. The first kappa shape index (κ1) is 20.1. The second-order valence-corrected chi connectivity index (χ2v) is 7.14.